The lowest BCUT2D eigenvalue weighted by Crippen LogP contribution is -2.15. The summed E-state index contributed by atoms with van der Waals surface area (Å²) in [5.74, 6) is 0. The Morgan fingerprint density at radius 1 is 1.26 bits per heavy atom. The van der Waals surface area contributed by atoms with Gasteiger partial charge in [0.15, 0.2) is 17.5 Å². The van der Waals surface area contributed by atoms with Gasteiger partial charge < -0.3 is 0 Å². The molecular formula is C14H10N5+. The number of hydrogen-bond donors (Lipinski definition) is 0. The van der Waals surface area contributed by atoms with Gasteiger partial charge >= 0.3 is 0 Å². The molecule has 5 heteroatoms. The number of rotatable bonds is 0. The van der Waals surface area contributed by atoms with Gasteiger partial charge in [0.05, 0.1) is 25.1 Å². The van der Waals surface area contributed by atoms with Crippen LogP contribution in [-0.2, 0) is 6.54 Å². The molecule has 0 aromatic carbocycles. The first-order valence-electron chi connectivity index (χ1n) is 6.21. The van der Waals surface area contributed by atoms with Gasteiger partial charge in [-0.15, -0.1) is 0 Å². The minimum atomic E-state index is 0.896. The fourth-order valence-corrected chi connectivity index (χ4v) is 2.97. The van der Waals surface area contributed by atoms with Crippen molar-refractivity contribution in [2.24, 2.45) is 0 Å². The van der Waals surface area contributed by atoms with Gasteiger partial charge in [-0.25, -0.2) is 8.80 Å². The summed E-state index contributed by atoms with van der Waals surface area (Å²) in [5, 5.41) is 0. The number of nitrogens with zero attached hydrogens (tertiary/aromatic N) is 5. The average Bonchev–Trinajstić information content (AvgIpc) is 3.04. The van der Waals surface area contributed by atoms with Crippen molar-refractivity contribution >= 4 is 11.2 Å². The summed E-state index contributed by atoms with van der Waals surface area (Å²) in [7, 11) is 0. The second kappa shape index (κ2) is 3.00. The molecule has 5 rings (SSSR count). The summed E-state index contributed by atoms with van der Waals surface area (Å²) in [4.78, 5) is 8.72. The molecule has 0 saturated carbocycles. The van der Waals surface area contributed by atoms with Gasteiger partial charge in [-0.3, -0.25) is 14.5 Å². The third kappa shape index (κ3) is 1.03. The largest absolute Gasteiger partial charge is 0.280 e. The predicted octanol–water partition coefficient (Wildman–Crippen LogP) is 1.30. The highest BCUT2D eigenvalue weighted by Gasteiger charge is 2.30. The van der Waals surface area contributed by atoms with Crippen molar-refractivity contribution in [2.75, 3.05) is 0 Å². The molecule has 0 aliphatic carbocycles. The zero-order valence-electron chi connectivity index (χ0n) is 10.1. The molecule has 0 atom stereocenters. The van der Waals surface area contributed by atoms with Crippen LogP contribution in [0, 0.1) is 0 Å². The van der Waals surface area contributed by atoms with E-state index in [4.69, 9.17) is 0 Å². The second-order valence-corrected chi connectivity index (χ2v) is 4.83. The Morgan fingerprint density at radius 2 is 2.26 bits per heavy atom. The van der Waals surface area contributed by atoms with Crippen LogP contribution in [0.2, 0.25) is 0 Å². The summed E-state index contributed by atoms with van der Waals surface area (Å²) in [5.41, 5.74) is 5.78. The van der Waals surface area contributed by atoms with Crippen LogP contribution >= 0.6 is 0 Å². The van der Waals surface area contributed by atoms with Crippen LogP contribution in [0.25, 0.3) is 22.6 Å². The molecule has 5 nitrogen and oxygen atoms in total. The Morgan fingerprint density at radius 3 is 3.26 bits per heavy atom. The first-order chi connectivity index (χ1) is 9.42. The van der Waals surface area contributed by atoms with Crippen molar-refractivity contribution in [1.82, 2.24) is 18.9 Å². The molecule has 4 aromatic rings. The first kappa shape index (κ1) is 9.27. The highest BCUT2D eigenvalue weighted by molar-refractivity contribution is 5.76. The van der Waals surface area contributed by atoms with Crippen molar-refractivity contribution in [3.63, 3.8) is 0 Å². The molecule has 0 radical (unpaired) electrons. The van der Waals surface area contributed by atoms with E-state index in [1.165, 1.54) is 11.3 Å². The Bertz CT molecular complexity index is 947. The number of fused-ring (bicyclic) bond motifs is 7. The van der Waals surface area contributed by atoms with Crippen molar-refractivity contribution in [3.8, 4) is 11.4 Å². The molecule has 0 saturated heterocycles. The van der Waals surface area contributed by atoms with Crippen molar-refractivity contribution in [1.29, 1.82) is 0 Å². The lowest BCUT2D eigenvalue weighted by atomic mass is 10.2. The third-order valence-electron chi connectivity index (χ3n) is 3.75. The van der Waals surface area contributed by atoms with Crippen LogP contribution in [-0.4, -0.2) is 18.9 Å². The second-order valence-electron chi connectivity index (χ2n) is 4.83. The van der Waals surface area contributed by atoms with E-state index < -0.39 is 0 Å². The van der Waals surface area contributed by atoms with Crippen molar-refractivity contribution in [3.05, 3.63) is 55.0 Å². The van der Waals surface area contributed by atoms with Gasteiger partial charge in [0, 0.05) is 11.8 Å². The third-order valence-corrected chi connectivity index (χ3v) is 3.75. The summed E-state index contributed by atoms with van der Waals surface area (Å²) in [6, 6.07) is 4.14. The number of imidazole rings is 2. The van der Waals surface area contributed by atoms with Crippen molar-refractivity contribution in [2.45, 2.75) is 6.54 Å². The quantitative estimate of drug-likeness (QED) is 0.387. The topological polar surface area (TPSA) is 39.2 Å². The molecule has 1 aliphatic heterocycles. The van der Waals surface area contributed by atoms with E-state index in [1.54, 1.807) is 0 Å². The zero-order valence-corrected chi connectivity index (χ0v) is 10.1. The molecule has 0 bridgehead atoms. The lowest BCUT2D eigenvalue weighted by Gasteiger charge is -1.93. The molecule has 19 heavy (non-hydrogen) atoms. The fraction of sp³-hybridized carbons (Fsp3) is 0.0714. The number of hydrogen-bond acceptors (Lipinski definition) is 2. The average molecular weight is 248 g/mol. The standard InChI is InChI=1S/C14H10N5/c1-2-10-7-17-9-18-8-11-6-15-4-5-19(11)14(18)13(17)12(10)16-3-1/h1-6,8-9H,7H2/q+1. The van der Waals surface area contributed by atoms with E-state index in [-0.39, 0.29) is 0 Å². The predicted molar refractivity (Wildman–Crippen MR) is 68.7 cm³/mol. The minimum Gasteiger partial charge on any atom is -0.258 e. The van der Waals surface area contributed by atoms with E-state index in [0.29, 0.717) is 0 Å². The van der Waals surface area contributed by atoms with Crippen LogP contribution in [0.15, 0.2) is 49.4 Å². The van der Waals surface area contributed by atoms with Crippen LogP contribution in [0.5, 0.6) is 0 Å². The lowest BCUT2D eigenvalue weighted by molar-refractivity contribution is -0.509. The smallest absolute Gasteiger partial charge is 0.258 e. The van der Waals surface area contributed by atoms with Gasteiger partial charge in [0.1, 0.15) is 11.9 Å². The number of aromatic nitrogens is 5. The summed E-state index contributed by atoms with van der Waals surface area (Å²) < 4.78 is 6.55. The van der Waals surface area contributed by atoms with Gasteiger partial charge in [-0.1, -0.05) is 6.07 Å². The molecule has 1 aliphatic rings. The molecule has 4 aromatic heterocycles. The molecule has 0 amide bonds. The Labute approximate surface area is 108 Å². The molecule has 5 heterocycles. The Kier molecular flexibility index (Phi) is 1.46. The summed E-state index contributed by atoms with van der Waals surface area (Å²) in [6.07, 6.45) is 11.8. The van der Waals surface area contributed by atoms with Crippen LogP contribution in [0.1, 0.15) is 5.56 Å². The SMILES string of the molecule is c1cnc2c(c1)Cn1c[n+]3cc4cnccn4c3c1-2. The normalized spacial score (nSPS) is 13.1. The molecule has 0 spiro atoms. The van der Waals surface area contributed by atoms with Gasteiger partial charge in [-0.2, -0.15) is 0 Å². The first-order valence-corrected chi connectivity index (χ1v) is 6.21. The van der Waals surface area contributed by atoms with Gasteiger partial charge in [0.2, 0.25) is 0 Å². The van der Waals surface area contributed by atoms with Crippen LogP contribution in [0.3, 0.4) is 0 Å². The highest BCUT2D eigenvalue weighted by Crippen LogP contribution is 2.32. The zero-order chi connectivity index (χ0) is 12.4. The summed E-state index contributed by atoms with van der Waals surface area (Å²) in [6.45, 7) is 0.896. The minimum absolute atomic E-state index is 0.896. The molecule has 0 unspecified atom stereocenters. The maximum Gasteiger partial charge on any atom is 0.280 e. The Hall–Kier alpha value is -2.69. The maximum absolute atomic E-state index is 4.55. The van der Waals surface area contributed by atoms with E-state index in [1.807, 2.05) is 30.9 Å². The highest BCUT2D eigenvalue weighted by atomic mass is 15.2. The molecule has 0 fully saturated rings. The van der Waals surface area contributed by atoms with Gasteiger partial charge in [0.25, 0.3) is 5.65 Å². The van der Waals surface area contributed by atoms with E-state index in [0.717, 1.165) is 23.4 Å². The Balaban J connectivity index is 2.00. The van der Waals surface area contributed by atoms with Gasteiger partial charge in [-0.05, 0) is 6.07 Å². The van der Waals surface area contributed by atoms with E-state index in [2.05, 4.69) is 41.9 Å². The van der Waals surface area contributed by atoms with E-state index >= 15 is 0 Å². The molecule has 90 valence electrons. The van der Waals surface area contributed by atoms with Crippen LogP contribution < -0.4 is 4.40 Å². The van der Waals surface area contributed by atoms with Crippen LogP contribution in [0.4, 0.5) is 0 Å². The maximum atomic E-state index is 4.55. The molecular weight excluding hydrogens is 238 g/mol. The summed E-state index contributed by atoms with van der Waals surface area (Å²) >= 11 is 0. The fourth-order valence-electron chi connectivity index (χ4n) is 2.97. The van der Waals surface area contributed by atoms with E-state index in [9.17, 15) is 0 Å². The number of pyridine rings is 1. The molecule has 0 N–H and O–H groups in total. The van der Waals surface area contributed by atoms with Crippen molar-refractivity contribution < 1.29 is 4.40 Å². The monoisotopic (exact) mass is 248 g/mol.